The first-order chi connectivity index (χ1) is 3.83. The van der Waals surface area contributed by atoms with E-state index in [0.717, 1.165) is 19.5 Å². The lowest BCUT2D eigenvalue weighted by atomic mass is 10.3. The van der Waals surface area contributed by atoms with Gasteiger partial charge in [0.05, 0.1) is 15.8 Å². The van der Waals surface area contributed by atoms with Gasteiger partial charge in [0.15, 0.2) is 0 Å². The molecule has 1 aliphatic heterocycles. The molecule has 8 heavy (non-hydrogen) atoms. The van der Waals surface area contributed by atoms with E-state index in [4.69, 9.17) is 5.11 Å². The zero-order valence-electron chi connectivity index (χ0n) is 5.30. The van der Waals surface area contributed by atoms with Crippen LogP contribution in [0.2, 0.25) is 6.55 Å². The van der Waals surface area contributed by atoms with Gasteiger partial charge in [-0.15, -0.1) is 0 Å². The van der Waals surface area contributed by atoms with E-state index >= 15 is 0 Å². The van der Waals surface area contributed by atoms with E-state index in [1.807, 2.05) is 0 Å². The lowest BCUT2D eigenvalue weighted by Crippen LogP contribution is -2.23. The number of aliphatic hydroxyl groups excluding tert-OH is 1. The zero-order chi connectivity index (χ0) is 5.98. The lowest BCUT2D eigenvalue weighted by Gasteiger charge is -2.09. The molecule has 0 aromatic heterocycles. The molecule has 2 nitrogen and oxygen atoms in total. The molecule has 3 heteroatoms. The molecule has 0 radical (unpaired) electrons. The first-order valence-electron chi connectivity index (χ1n) is 3.23. The fourth-order valence-corrected chi connectivity index (χ4v) is 2.15. The predicted molar refractivity (Wildman–Crippen MR) is 36.6 cm³/mol. The van der Waals surface area contributed by atoms with Gasteiger partial charge in [-0.3, -0.25) is 0 Å². The summed E-state index contributed by atoms with van der Waals surface area (Å²) >= 11 is 0. The standard InChI is InChI=1S/C5H13NOSi/c1-8-6-3-2-5(7)4-6/h5,7H,2-4,8H2,1H3/t5-/m0/s1. The Balaban J connectivity index is 2.22. The number of β-amino-alcohol motifs (C(OH)–C–C–N with tert-alkyl or cyclic N) is 1. The Kier molecular flexibility index (Phi) is 2.05. The van der Waals surface area contributed by atoms with Crippen molar-refractivity contribution in [1.29, 1.82) is 0 Å². The number of hydrogen-bond acceptors (Lipinski definition) is 2. The van der Waals surface area contributed by atoms with E-state index in [-0.39, 0.29) is 15.8 Å². The molecular formula is C5H13NOSi. The number of aliphatic hydroxyl groups is 1. The van der Waals surface area contributed by atoms with Crippen LogP contribution in [-0.2, 0) is 0 Å². The second-order valence-corrected chi connectivity index (χ2v) is 3.86. The first-order valence-corrected chi connectivity index (χ1v) is 5.28. The summed E-state index contributed by atoms with van der Waals surface area (Å²) in [7, 11) is 0.0320. The fourth-order valence-electron chi connectivity index (χ4n) is 1.10. The quantitative estimate of drug-likeness (QED) is 0.470. The van der Waals surface area contributed by atoms with Gasteiger partial charge >= 0.3 is 0 Å². The van der Waals surface area contributed by atoms with Crippen LogP contribution in [0.1, 0.15) is 6.42 Å². The molecule has 1 N–H and O–H groups in total. The minimum Gasteiger partial charge on any atom is -0.392 e. The molecule has 0 saturated carbocycles. The summed E-state index contributed by atoms with van der Waals surface area (Å²) in [5.74, 6) is 0. The van der Waals surface area contributed by atoms with Crippen molar-refractivity contribution in [2.24, 2.45) is 0 Å². The normalized spacial score (nSPS) is 33.0. The average molecular weight is 131 g/mol. The van der Waals surface area contributed by atoms with Crippen LogP contribution >= 0.6 is 0 Å². The summed E-state index contributed by atoms with van der Waals surface area (Å²) in [6.45, 7) is 4.35. The Labute approximate surface area is 52.4 Å². The molecule has 1 atom stereocenters. The molecule has 1 saturated heterocycles. The maximum Gasteiger partial charge on any atom is 0.0921 e. The maximum atomic E-state index is 9.01. The van der Waals surface area contributed by atoms with Crippen molar-refractivity contribution in [2.75, 3.05) is 13.1 Å². The molecule has 1 fully saturated rings. The van der Waals surface area contributed by atoms with E-state index in [1.165, 1.54) is 0 Å². The van der Waals surface area contributed by atoms with E-state index in [1.54, 1.807) is 0 Å². The lowest BCUT2D eigenvalue weighted by molar-refractivity contribution is 0.189. The summed E-state index contributed by atoms with van der Waals surface area (Å²) in [5, 5.41) is 9.01. The smallest absolute Gasteiger partial charge is 0.0921 e. The van der Waals surface area contributed by atoms with Crippen LogP contribution in [0, 0.1) is 0 Å². The molecule has 0 amide bonds. The van der Waals surface area contributed by atoms with E-state index < -0.39 is 0 Å². The third kappa shape index (κ3) is 1.31. The number of hydrogen-bond donors (Lipinski definition) is 1. The maximum absolute atomic E-state index is 9.01. The third-order valence-electron chi connectivity index (χ3n) is 1.69. The van der Waals surface area contributed by atoms with Crippen LogP contribution in [-0.4, -0.2) is 38.5 Å². The summed E-state index contributed by atoms with van der Waals surface area (Å²) < 4.78 is 2.39. The van der Waals surface area contributed by atoms with Gasteiger partial charge in [-0.25, -0.2) is 0 Å². The molecule has 0 aliphatic carbocycles. The molecular weight excluding hydrogens is 118 g/mol. The summed E-state index contributed by atoms with van der Waals surface area (Å²) in [5.41, 5.74) is 0. The largest absolute Gasteiger partial charge is 0.392 e. The third-order valence-corrected chi connectivity index (χ3v) is 3.16. The Morgan fingerprint density at radius 2 is 2.50 bits per heavy atom. The van der Waals surface area contributed by atoms with Gasteiger partial charge in [-0.2, -0.15) is 0 Å². The van der Waals surface area contributed by atoms with Crippen LogP contribution in [0.3, 0.4) is 0 Å². The summed E-state index contributed by atoms with van der Waals surface area (Å²) in [4.78, 5) is 0. The number of rotatable bonds is 1. The summed E-state index contributed by atoms with van der Waals surface area (Å²) in [6, 6.07) is 0. The molecule has 0 bridgehead atoms. The Bertz CT molecular complexity index is 78.8. The van der Waals surface area contributed by atoms with Gasteiger partial charge in [-0.1, -0.05) is 6.55 Å². The minimum absolute atomic E-state index is 0.0116. The van der Waals surface area contributed by atoms with E-state index in [9.17, 15) is 0 Å². The predicted octanol–water partition coefficient (Wildman–Crippen LogP) is -0.815. The van der Waals surface area contributed by atoms with Gasteiger partial charge in [0.2, 0.25) is 0 Å². The highest BCUT2D eigenvalue weighted by Crippen LogP contribution is 2.05. The molecule has 48 valence electrons. The zero-order valence-corrected chi connectivity index (χ0v) is 6.71. The van der Waals surface area contributed by atoms with Crippen LogP contribution in [0.5, 0.6) is 0 Å². The highest BCUT2D eigenvalue weighted by atomic mass is 28.2. The summed E-state index contributed by atoms with van der Waals surface area (Å²) in [6.07, 6.45) is 0.989. The number of nitrogens with zero attached hydrogens (tertiary/aromatic N) is 1. The van der Waals surface area contributed by atoms with Crippen LogP contribution < -0.4 is 0 Å². The van der Waals surface area contributed by atoms with Gasteiger partial charge < -0.3 is 9.67 Å². The highest BCUT2D eigenvalue weighted by Gasteiger charge is 2.17. The fraction of sp³-hybridized carbons (Fsp3) is 1.00. The Morgan fingerprint density at radius 1 is 1.75 bits per heavy atom. The molecule has 0 spiro atoms. The van der Waals surface area contributed by atoms with Crippen molar-refractivity contribution in [2.45, 2.75) is 19.1 Å². The van der Waals surface area contributed by atoms with Crippen molar-refractivity contribution in [3.63, 3.8) is 0 Å². The molecule has 1 heterocycles. The second kappa shape index (κ2) is 2.62. The van der Waals surface area contributed by atoms with Crippen LogP contribution in [0.15, 0.2) is 0 Å². The van der Waals surface area contributed by atoms with Crippen LogP contribution in [0.25, 0.3) is 0 Å². The van der Waals surface area contributed by atoms with Gasteiger partial charge in [0.25, 0.3) is 0 Å². The second-order valence-electron chi connectivity index (χ2n) is 2.34. The molecule has 0 unspecified atom stereocenters. The van der Waals surface area contributed by atoms with Crippen molar-refractivity contribution < 1.29 is 5.11 Å². The highest BCUT2D eigenvalue weighted by molar-refractivity contribution is 6.29. The van der Waals surface area contributed by atoms with Crippen molar-refractivity contribution in [3.05, 3.63) is 0 Å². The molecule has 1 rings (SSSR count). The van der Waals surface area contributed by atoms with Gasteiger partial charge in [0.1, 0.15) is 0 Å². The monoisotopic (exact) mass is 131 g/mol. The van der Waals surface area contributed by atoms with Gasteiger partial charge in [0, 0.05) is 6.54 Å². The van der Waals surface area contributed by atoms with Crippen molar-refractivity contribution in [1.82, 2.24) is 4.57 Å². The topological polar surface area (TPSA) is 23.5 Å². The van der Waals surface area contributed by atoms with E-state index in [0.29, 0.717) is 0 Å². The minimum atomic E-state index is -0.0116. The Hall–Kier alpha value is 0.137. The Morgan fingerprint density at radius 3 is 2.75 bits per heavy atom. The molecule has 0 aromatic rings. The van der Waals surface area contributed by atoms with Gasteiger partial charge in [-0.05, 0) is 13.0 Å². The van der Waals surface area contributed by atoms with E-state index in [2.05, 4.69) is 11.1 Å². The average Bonchev–Trinajstić information content (AvgIpc) is 2.14. The first kappa shape index (κ1) is 6.26. The SMILES string of the molecule is C[SiH2]N1CC[C@H](O)C1. The molecule has 1 aliphatic rings. The van der Waals surface area contributed by atoms with Crippen molar-refractivity contribution >= 4 is 9.68 Å². The van der Waals surface area contributed by atoms with Crippen LogP contribution in [0.4, 0.5) is 0 Å². The van der Waals surface area contributed by atoms with Crippen molar-refractivity contribution in [3.8, 4) is 0 Å². The molecule has 0 aromatic carbocycles.